The molecule has 1 amide bonds. The van der Waals surface area contributed by atoms with Crippen LogP contribution in [0.25, 0.3) is 10.9 Å². The first-order valence-corrected chi connectivity index (χ1v) is 11.1. The van der Waals surface area contributed by atoms with Crippen molar-refractivity contribution >= 4 is 48.6 Å². The second-order valence-electron chi connectivity index (χ2n) is 6.36. The molecule has 30 heavy (non-hydrogen) atoms. The van der Waals surface area contributed by atoms with Crippen LogP contribution in [0.5, 0.6) is 0 Å². The normalized spacial score (nSPS) is 11.5. The standard InChI is InChI=1S/C19H16FN5O3S2/c20-30(27,28)14-7-5-12(6-8-14)17(26)23-19-25-24-18(29-19)21-10-9-13-11-22-16-4-2-1-3-15(13)16/h1-8,11,22H,9-10H2,(H,21,24)(H,23,25,26). The number of hydrogen-bond acceptors (Lipinski definition) is 7. The number of benzene rings is 2. The molecule has 0 aliphatic rings. The molecule has 0 aliphatic carbocycles. The monoisotopic (exact) mass is 445 g/mol. The maximum Gasteiger partial charge on any atom is 0.332 e. The average Bonchev–Trinajstić information content (AvgIpc) is 3.35. The number of rotatable bonds is 7. The van der Waals surface area contributed by atoms with E-state index in [1.54, 1.807) is 0 Å². The van der Waals surface area contributed by atoms with E-state index in [1.165, 1.54) is 34.4 Å². The van der Waals surface area contributed by atoms with Crippen molar-refractivity contribution in [1.29, 1.82) is 0 Å². The zero-order chi connectivity index (χ0) is 21.1. The molecule has 0 unspecified atom stereocenters. The summed E-state index contributed by atoms with van der Waals surface area (Å²) >= 11 is 1.18. The van der Waals surface area contributed by atoms with Crippen LogP contribution < -0.4 is 10.6 Å². The first-order valence-electron chi connectivity index (χ1n) is 8.88. The number of H-pyrrole nitrogens is 1. The van der Waals surface area contributed by atoms with Gasteiger partial charge < -0.3 is 10.3 Å². The SMILES string of the molecule is O=C(Nc1nnc(NCCc2c[nH]c3ccccc23)s1)c1ccc(S(=O)(=O)F)cc1. The molecule has 3 N–H and O–H groups in total. The summed E-state index contributed by atoms with van der Waals surface area (Å²) in [6.07, 6.45) is 2.77. The highest BCUT2D eigenvalue weighted by Gasteiger charge is 2.14. The van der Waals surface area contributed by atoms with E-state index in [2.05, 4.69) is 31.9 Å². The minimum Gasteiger partial charge on any atom is -0.361 e. The third-order valence-corrected chi connectivity index (χ3v) is 6.02. The van der Waals surface area contributed by atoms with Crippen molar-refractivity contribution in [3.8, 4) is 0 Å². The van der Waals surface area contributed by atoms with Crippen LogP contribution in [0.15, 0.2) is 59.6 Å². The second kappa shape index (κ2) is 8.20. The Balaban J connectivity index is 1.33. The molecular formula is C19H16FN5O3S2. The largest absolute Gasteiger partial charge is 0.361 e. The summed E-state index contributed by atoms with van der Waals surface area (Å²) in [7, 11) is -4.80. The van der Waals surface area contributed by atoms with Gasteiger partial charge >= 0.3 is 10.2 Å². The van der Waals surface area contributed by atoms with Crippen molar-refractivity contribution < 1.29 is 17.1 Å². The van der Waals surface area contributed by atoms with Gasteiger partial charge in [-0.2, -0.15) is 8.42 Å². The maximum atomic E-state index is 12.9. The average molecular weight is 446 g/mol. The van der Waals surface area contributed by atoms with E-state index in [0.717, 1.165) is 24.1 Å². The first kappa shape index (κ1) is 20.0. The molecule has 0 aliphatic heterocycles. The van der Waals surface area contributed by atoms with Gasteiger partial charge in [0.15, 0.2) is 0 Å². The molecule has 0 atom stereocenters. The highest BCUT2D eigenvalue weighted by molar-refractivity contribution is 7.86. The molecule has 0 bridgehead atoms. The Morgan fingerprint density at radius 2 is 1.80 bits per heavy atom. The molecule has 0 saturated heterocycles. The van der Waals surface area contributed by atoms with Gasteiger partial charge in [0.1, 0.15) is 0 Å². The Hall–Kier alpha value is -3.31. The van der Waals surface area contributed by atoms with Gasteiger partial charge in [0.2, 0.25) is 10.3 Å². The highest BCUT2D eigenvalue weighted by atomic mass is 32.3. The molecule has 0 saturated carbocycles. The maximum absolute atomic E-state index is 12.9. The summed E-state index contributed by atoms with van der Waals surface area (Å²) in [4.78, 5) is 15.0. The van der Waals surface area contributed by atoms with Gasteiger partial charge in [0, 0.05) is 29.2 Å². The topological polar surface area (TPSA) is 117 Å². The summed E-state index contributed by atoms with van der Waals surface area (Å²) in [5.74, 6) is -0.501. The number of aromatic nitrogens is 3. The minimum absolute atomic E-state index is 0.173. The highest BCUT2D eigenvalue weighted by Crippen LogP contribution is 2.22. The molecule has 0 fully saturated rings. The van der Waals surface area contributed by atoms with Crippen molar-refractivity contribution in [2.75, 3.05) is 17.2 Å². The fourth-order valence-corrected chi connectivity index (χ4v) is 4.05. The Kier molecular flexibility index (Phi) is 5.46. The molecule has 4 rings (SSSR count). The van der Waals surface area contributed by atoms with Crippen molar-refractivity contribution in [2.24, 2.45) is 0 Å². The van der Waals surface area contributed by atoms with Crippen molar-refractivity contribution in [2.45, 2.75) is 11.3 Å². The van der Waals surface area contributed by atoms with E-state index in [-0.39, 0.29) is 10.7 Å². The van der Waals surface area contributed by atoms with Gasteiger partial charge in [-0.15, -0.1) is 14.1 Å². The molecule has 4 aromatic rings. The number of amides is 1. The first-order chi connectivity index (χ1) is 14.4. The predicted octanol–water partition coefficient (Wildman–Crippen LogP) is 3.58. The summed E-state index contributed by atoms with van der Waals surface area (Å²) in [6.45, 7) is 0.642. The zero-order valence-electron chi connectivity index (χ0n) is 15.4. The van der Waals surface area contributed by atoms with Crippen LogP contribution in [-0.2, 0) is 16.6 Å². The summed E-state index contributed by atoms with van der Waals surface area (Å²) in [6, 6.07) is 12.6. The van der Waals surface area contributed by atoms with Gasteiger partial charge in [0.05, 0.1) is 4.90 Å². The summed E-state index contributed by atoms with van der Waals surface area (Å²) in [5, 5.41) is 15.7. The lowest BCUT2D eigenvalue weighted by Gasteiger charge is -2.02. The van der Waals surface area contributed by atoms with Crippen LogP contribution in [0.1, 0.15) is 15.9 Å². The molecule has 154 valence electrons. The summed E-state index contributed by atoms with van der Waals surface area (Å²) < 4.78 is 34.6. The number of carbonyl (C=O) groups excluding carboxylic acids is 1. The van der Waals surface area contributed by atoms with E-state index >= 15 is 0 Å². The minimum atomic E-state index is -4.80. The number of halogens is 1. The lowest BCUT2D eigenvalue weighted by Crippen LogP contribution is -2.11. The van der Waals surface area contributed by atoms with Crippen molar-refractivity contribution in [3.05, 3.63) is 65.9 Å². The fraction of sp³-hybridized carbons (Fsp3) is 0.105. The van der Waals surface area contributed by atoms with E-state index < -0.39 is 21.0 Å². The number of carbonyl (C=O) groups is 1. The van der Waals surface area contributed by atoms with Crippen LogP contribution in [-0.4, -0.2) is 36.1 Å². The van der Waals surface area contributed by atoms with E-state index in [0.29, 0.717) is 11.7 Å². The van der Waals surface area contributed by atoms with Crippen LogP contribution >= 0.6 is 11.3 Å². The summed E-state index contributed by atoms with van der Waals surface area (Å²) in [5.41, 5.74) is 2.45. The van der Waals surface area contributed by atoms with Crippen LogP contribution in [0, 0.1) is 0 Å². The lowest BCUT2D eigenvalue weighted by molar-refractivity contribution is 0.102. The van der Waals surface area contributed by atoms with Crippen LogP contribution in [0.3, 0.4) is 0 Å². The number of nitrogens with zero attached hydrogens (tertiary/aromatic N) is 2. The van der Waals surface area contributed by atoms with E-state index in [4.69, 9.17) is 0 Å². The smallest absolute Gasteiger partial charge is 0.332 e. The number of hydrogen-bond donors (Lipinski definition) is 3. The molecule has 0 spiro atoms. The predicted molar refractivity (Wildman–Crippen MR) is 113 cm³/mol. The molecule has 8 nitrogen and oxygen atoms in total. The lowest BCUT2D eigenvalue weighted by atomic mass is 10.1. The molecule has 2 aromatic heterocycles. The molecule has 2 heterocycles. The number of nitrogens with one attached hydrogen (secondary N) is 3. The Bertz CT molecular complexity index is 1300. The molecular weight excluding hydrogens is 429 g/mol. The number of aromatic amines is 1. The van der Waals surface area contributed by atoms with Gasteiger partial charge in [0.25, 0.3) is 5.91 Å². The quantitative estimate of drug-likeness (QED) is 0.374. The Morgan fingerprint density at radius 1 is 1.07 bits per heavy atom. The van der Waals surface area contributed by atoms with Gasteiger partial charge in [-0.05, 0) is 42.3 Å². The van der Waals surface area contributed by atoms with Gasteiger partial charge in [-0.25, -0.2) is 0 Å². The third kappa shape index (κ3) is 4.47. The number of fused-ring (bicyclic) bond motifs is 1. The second-order valence-corrected chi connectivity index (χ2v) is 8.69. The molecule has 0 radical (unpaired) electrons. The van der Waals surface area contributed by atoms with Crippen molar-refractivity contribution in [1.82, 2.24) is 15.2 Å². The van der Waals surface area contributed by atoms with Crippen molar-refractivity contribution in [3.63, 3.8) is 0 Å². The molecule has 2 aromatic carbocycles. The molecule has 11 heteroatoms. The van der Waals surface area contributed by atoms with Crippen LogP contribution in [0.4, 0.5) is 14.1 Å². The zero-order valence-corrected chi connectivity index (χ0v) is 17.1. The Labute approximate surface area is 175 Å². The third-order valence-electron chi connectivity index (χ3n) is 4.39. The van der Waals surface area contributed by atoms with Crippen LogP contribution in [0.2, 0.25) is 0 Å². The van der Waals surface area contributed by atoms with Gasteiger partial charge in [-0.3, -0.25) is 10.1 Å². The number of para-hydroxylation sites is 1. The number of anilines is 2. The van der Waals surface area contributed by atoms with E-state index in [9.17, 15) is 17.1 Å². The van der Waals surface area contributed by atoms with E-state index in [1.807, 2.05) is 24.4 Å². The fourth-order valence-electron chi connectivity index (χ4n) is 2.93. The Morgan fingerprint density at radius 3 is 2.57 bits per heavy atom. The van der Waals surface area contributed by atoms with Gasteiger partial charge in [-0.1, -0.05) is 29.5 Å².